The molecule has 0 radical (unpaired) electrons. The van der Waals surface area contributed by atoms with Crippen molar-refractivity contribution in [2.24, 2.45) is 11.8 Å². The van der Waals surface area contributed by atoms with Crippen LogP contribution in [0.25, 0.3) is 0 Å². The van der Waals surface area contributed by atoms with Crippen LogP contribution in [0.15, 0.2) is 24.3 Å². The van der Waals surface area contributed by atoms with E-state index < -0.39 is 0 Å². The van der Waals surface area contributed by atoms with Crippen LogP contribution in [-0.2, 0) is 9.59 Å². The summed E-state index contributed by atoms with van der Waals surface area (Å²) in [4.78, 5) is 28.6. The Labute approximate surface area is 107 Å². The molecule has 5 aliphatic heterocycles. The largest absolute Gasteiger partial charge is 0.335 e. The van der Waals surface area contributed by atoms with Crippen LogP contribution >= 0.6 is 0 Å². The van der Waals surface area contributed by atoms with Gasteiger partial charge in [0.15, 0.2) is 0 Å². The van der Waals surface area contributed by atoms with E-state index in [-0.39, 0.29) is 35.7 Å². The zero-order valence-electron chi connectivity index (χ0n) is 10.7. The van der Waals surface area contributed by atoms with E-state index in [0.29, 0.717) is 13.1 Å². The number of nitrogens with zero attached hydrogens (tertiary/aromatic N) is 2. The molecular weight excluding hydrogens is 228 g/mol. The zero-order valence-corrected chi connectivity index (χ0v) is 10.7. The number of carbonyl (C=O) groups excluding carboxylic acids is 2. The van der Waals surface area contributed by atoms with Crippen molar-refractivity contribution in [1.29, 1.82) is 0 Å². The van der Waals surface area contributed by atoms with E-state index in [4.69, 9.17) is 0 Å². The summed E-state index contributed by atoms with van der Waals surface area (Å²) in [6.07, 6.45) is 8.08. The molecule has 5 heterocycles. The molecule has 0 aromatic heterocycles. The van der Waals surface area contributed by atoms with Crippen LogP contribution in [0, 0.1) is 11.8 Å². The van der Waals surface area contributed by atoms with E-state index >= 15 is 0 Å². The number of amides is 2. The Bertz CT molecular complexity index is 413. The maximum Gasteiger partial charge on any atom is 0.232 e. The minimum absolute atomic E-state index is 0.0993. The topological polar surface area (TPSA) is 40.6 Å². The van der Waals surface area contributed by atoms with Gasteiger partial charge in [0.25, 0.3) is 0 Å². The maximum atomic E-state index is 12.5. The lowest BCUT2D eigenvalue weighted by molar-refractivity contribution is -0.150. The van der Waals surface area contributed by atoms with Gasteiger partial charge in [0.05, 0.1) is 23.9 Å². The minimum Gasteiger partial charge on any atom is -0.335 e. The highest BCUT2D eigenvalue weighted by atomic mass is 16.2. The number of carbonyl (C=O) groups is 2. The highest BCUT2D eigenvalue weighted by Gasteiger charge is 2.48. The molecule has 0 aromatic carbocycles. The fraction of sp³-hybridized carbons (Fsp3) is 0.571. The Morgan fingerprint density at radius 2 is 1.22 bits per heavy atom. The summed E-state index contributed by atoms with van der Waals surface area (Å²) in [5.74, 6) is -0.0872. The molecule has 96 valence electrons. The van der Waals surface area contributed by atoms with Gasteiger partial charge in [0.1, 0.15) is 0 Å². The highest BCUT2D eigenvalue weighted by molar-refractivity contribution is 5.91. The average molecular weight is 246 g/mol. The molecule has 4 nitrogen and oxygen atoms in total. The first-order valence-electron chi connectivity index (χ1n) is 6.66. The zero-order chi connectivity index (χ0) is 12.9. The Morgan fingerprint density at radius 1 is 0.833 bits per heavy atom. The Morgan fingerprint density at radius 3 is 1.56 bits per heavy atom. The van der Waals surface area contributed by atoms with Gasteiger partial charge in [-0.2, -0.15) is 0 Å². The predicted octanol–water partition coefficient (Wildman–Crippen LogP) is 0.806. The van der Waals surface area contributed by atoms with E-state index in [0.717, 1.165) is 0 Å². The van der Waals surface area contributed by atoms with Crippen molar-refractivity contribution in [2.75, 3.05) is 13.1 Å². The average Bonchev–Trinajstić information content (AvgIpc) is 2.35. The molecule has 1 aliphatic carbocycles. The Hall–Kier alpha value is -1.58. The minimum atomic E-state index is -0.206. The SMILES string of the molecule is CCN1C(=O)[C@@H]2C=C[C@H]1[C@@H]1C=C[C@@H]2N(CC)C1=O. The lowest BCUT2D eigenvalue weighted by atomic mass is 9.78. The Kier molecular flexibility index (Phi) is 2.54. The number of rotatable bonds is 2. The van der Waals surface area contributed by atoms with Gasteiger partial charge in [-0.3, -0.25) is 9.59 Å². The molecule has 4 heteroatoms. The van der Waals surface area contributed by atoms with Crippen LogP contribution in [0.4, 0.5) is 0 Å². The van der Waals surface area contributed by atoms with Crippen molar-refractivity contribution in [2.45, 2.75) is 25.9 Å². The second kappa shape index (κ2) is 3.97. The molecule has 6 rings (SSSR count). The van der Waals surface area contributed by atoms with Crippen molar-refractivity contribution in [3.8, 4) is 0 Å². The second-order valence-electron chi connectivity index (χ2n) is 5.05. The van der Waals surface area contributed by atoms with Crippen LogP contribution < -0.4 is 0 Å². The molecule has 4 atom stereocenters. The summed E-state index contributed by atoms with van der Waals surface area (Å²) in [6.45, 7) is 5.28. The molecule has 0 saturated carbocycles. The third kappa shape index (κ3) is 1.32. The summed E-state index contributed by atoms with van der Waals surface area (Å²) < 4.78 is 0. The van der Waals surface area contributed by atoms with E-state index in [2.05, 4.69) is 0 Å². The summed E-state index contributed by atoms with van der Waals surface area (Å²) in [6, 6.07) is -0.199. The molecule has 0 unspecified atom stereocenters. The van der Waals surface area contributed by atoms with Crippen molar-refractivity contribution in [3.05, 3.63) is 24.3 Å². The monoisotopic (exact) mass is 246 g/mol. The van der Waals surface area contributed by atoms with Gasteiger partial charge in [-0.25, -0.2) is 0 Å². The summed E-state index contributed by atoms with van der Waals surface area (Å²) in [5.41, 5.74) is 0. The van der Waals surface area contributed by atoms with Crippen LogP contribution in [0.3, 0.4) is 0 Å². The van der Waals surface area contributed by atoms with Gasteiger partial charge < -0.3 is 9.80 Å². The predicted molar refractivity (Wildman–Crippen MR) is 67.6 cm³/mol. The lowest BCUT2D eigenvalue weighted by Crippen LogP contribution is -2.62. The van der Waals surface area contributed by atoms with Crippen molar-refractivity contribution in [3.63, 3.8) is 0 Å². The normalized spacial score (nSPS) is 37.4. The summed E-state index contributed by atoms with van der Waals surface area (Å²) >= 11 is 0. The van der Waals surface area contributed by atoms with E-state index in [9.17, 15) is 9.59 Å². The van der Waals surface area contributed by atoms with Crippen molar-refractivity contribution in [1.82, 2.24) is 9.80 Å². The van der Waals surface area contributed by atoms with Gasteiger partial charge in [-0.05, 0) is 13.8 Å². The van der Waals surface area contributed by atoms with Gasteiger partial charge in [0.2, 0.25) is 11.8 Å². The molecule has 6 aliphatic rings. The van der Waals surface area contributed by atoms with Gasteiger partial charge in [0, 0.05) is 13.1 Å². The molecule has 18 heavy (non-hydrogen) atoms. The first-order chi connectivity index (χ1) is 8.69. The molecule has 0 spiro atoms. The Balaban J connectivity index is 2.12. The molecule has 1 fully saturated rings. The van der Waals surface area contributed by atoms with Gasteiger partial charge in [-0.15, -0.1) is 0 Å². The van der Waals surface area contributed by atoms with Crippen LogP contribution in [0.5, 0.6) is 0 Å². The molecular formula is C14H18N2O2. The van der Waals surface area contributed by atoms with Gasteiger partial charge >= 0.3 is 0 Å². The van der Waals surface area contributed by atoms with E-state index in [1.165, 1.54) is 0 Å². The molecule has 2 amide bonds. The van der Waals surface area contributed by atoms with Crippen LogP contribution in [0.2, 0.25) is 0 Å². The quantitative estimate of drug-likeness (QED) is 0.676. The molecule has 4 bridgehead atoms. The molecule has 0 aromatic rings. The molecule has 0 N–H and O–H groups in total. The van der Waals surface area contributed by atoms with Crippen molar-refractivity contribution < 1.29 is 9.59 Å². The van der Waals surface area contributed by atoms with Crippen LogP contribution in [0.1, 0.15) is 13.8 Å². The number of likely N-dealkylation sites (N-methyl/N-ethyl adjacent to an activating group) is 2. The molecule has 1 saturated heterocycles. The first kappa shape index (κ1) is 11.5. The fourth-order valence-electron chi connectivity index (χ4n) is 3.40. The number of hydrogen-bond acceptors (Lipinski definition) is 2. The third-order valence-corrected chi connectivity index (χ3v) is 4.30. The summed E-state index contributed by atoms with van der Waals surface area (Å²) in [7, 11) is 0. The van der Waals surface area contributed by atoms with E-state index in [1.54, 1.807) is 0 Å². The first-order valence-corrected chi connectivity index (χ1v) is 6.66. The van der Waals surface area contributed by atoms with Gasteiger partial charge in [-0.1, -0.05) is 24.3 Å². The maximum absolute atomic E-state index is 12.5. The van der Waals surface area contributed by atoms with Crippen molar-refractivity contribution >= 4 is 11.8 Å². The van der Waals surface area contributed by atoms with E-state index in [1.807, 2.05) is 48.0 Å². The smallest absolute Gasteiger partial charge is 0.232 e. The number of hydrogen-bond donors (Lipinski definition) is 0. The standard InChI is InChI=1S/C14H18N2O2/c1-3-15-11-7-5-10(13(15)17)12-8-6-9(11)14(18)16(12)4-2/h5-12H,3-4H2,1-2H3/t9-,10+,11-,12-/m0/s1. The summed E-state index contributed by atoms with van der Waals surface area (Å²) in [5, 5.41) is 0. The third-order valence-electron chi connectivity index (χ3n) is 4.30. The van der Waals surface area contributed by atoms with Crippen LogP contribution in [-0.4, -0.2) is 46.8 Å². The second-order valence-corrected chi connectivity index (χ2v) is 5.05. The lowest BCUT2D eigenvalue weighted by Gasteiger charge is -2.49. The fourth-order valence-corrected chi connectivity index (χ4v) is 3.40. The highest BCUT2D eigenvalue weighted by Crippen LogP contribution is 2.36.